The number of para-hydroxylation sites is 1. The summed E-state index contributed by atoms with van der Waals surface area (Å²) in [5.41, 5.74) is 16.4. The number of aromatic nitrogens is 3. The number of nitrogens with one attached hydrogen (secondary N) is 4. The van der Waals surface area contributed by atoms with E-state index in [-0.39, 0.29) is 44.3 Å². The number of carbonyl (C=O) groups is 4. The summed E-state index contributed by atoms with van der Waals surface area (Å²) in [5.74, 6) is -0.128. The van der Waals surface area contributed by atoms with E-state index in [9.17, 15) is 19.2 Å². The quantitative estimate of drug-likeness (QED) is 0.111. The predicted molar refractivity (Wildman–Crippen MR) is 192 cm³/mol. The maximum Gasteiger partial charge on any atom is 0.239 e. The fourth-order valence-corrected chi connectivity index (χ4v) is 5.38. The van der Waals surface area contributed by atoms with Gasteiger partial charge in [-0.25, -0.2) is 9.97 Å². The lowest BCUT2D eigenvalue weighted by molar-refractivity contribution is -0.129. The zero-order chi connectivity index (χ0) is 35.0. The van der Waals surface area contributed by atoms with E-state index in [1.54, 1.807) is 0 Å². The zero-order valence-electron chi connectivity index (χ0n) is 28.1. The van der Waals surface area contributed by atoms with Crippen LogP contribution < -0.4 is 32.7 Å². The minimum Gasteiger partial charge on any atom is -0.382 e. The predicted octanol–water partition coefficient (Wildman–Crippen LogP) is 2.47. The van der Waals surface area contributed by atoms with Gasteiger partial charge in [-0.05, 0) is 36.5 Å². The van der Waals surface area contributed by atoms with Gasteiger partial charge in [0.2, 0.25) is 23.6 Å². The molecule has 1 aliphatic rings. The Labute approximate surface area is 286 Å². The summed E-state index contributed by atoms with van der Waals surface area (Å²) < 4.78 is 2.24. The van der Waals surface area contributed by atoms with Gasteiger partial charge in [0.15, 0.2) is 5.82 Å². The topological polar surface area (TPSA) is 199 Å². The standard InChI is InChI=1S/C36H47N9O4/c1-2-3-15-29-44-34-35(27-13-7-8-14-28(27)43-36(34)38)45(29)19-10-9-18-39-30(46)16-17-31(47)41-23-33(49)42-24-32(48)40-22-26-12-6-4-5-11-25(20-26)21-37/h4-8,11-14,20H,2-3,9-10,15-19,21-24,37H2,1H3,(H2,38,43)(H,39,46)(H,40,48)(H,41,47)(H,42,49)/b5-4?,6-4-,11-5-,12-6?,25-11?,25-20+,26-12+,26-20?. The molecule has 1 aliphatic carbocycles. The van der Waals surface area contributed by atoms with E-state index in [4.69, 9.17) is 16.5 Å². The minimum absolute atomic E-state index is 0.00258. The van der Waals surface area contributed by atoms with Crippen molar-refractivity contribution in [3.8, 4) is 0 Å². The Morgan fingerprint density at radius 2 is 1.55 bits per heavy atom. The van der Waals surface area contributed by atoms with Gasteiger partial charge in [-0.1, -0.05) is 68.0 Å². The maximum absolute atomic E-state index is 12.4. The summed E-state index contributed by atoms with van der Waals surface area (Å²) in [5, 5.41) is 11.6. The Kier molecular flexibility index (Phi) is 14.1. The van der Waals surface area contributed by atoms with Gasteiger partial charge in [0.05, 0.1) is 24.1 Å². The third kappa shape index (κ3) is 11.1. The van der Waals surface area contributed by atoms with Crippen LogP contribution in [0.1, 0.15) is 51.3 Å². The summed E-state index contributed by atoms with van der Waals surface area (Å²) in [6.07, 6.45) is 15.7. The van der Waals surface area contributed by atoms with Crippen molar-refractivity contribution >= 4 is 51.4 Å². The average Bonchev–Trinajstić information content (AvgIpc) is 3.46. The van der Waals surface area contributed by atoms with Crippen LogP contribution in [0.25, 0.3) is 21.9 Å². The molecule has 0 radical (unpaired) electrons. The molecule has 49 heavy (non-hydrogen) atoms. The van der Waals surface area contributed by atoms with Crippen LogP contribution >= 0.6 is 0 Å². The number of fused-ring (bicyclic) bond motifs is 3. The molecule has 3 aromatic rings. The van der Waals surface area contributed by atoms with E-state index in [2.05, 4.69) is 37.7 Å². The lowest BCUT2D eigenvalue weighted by atomic mass is 10.1. The highest BCUT2D eigenvalue weighted by atomic mass is 16.2. The molecule has 2 heterocycles. The first-order chi connectivity index (χ1) is 23.8. The van der Waals surface area contributed by atoms with E-state index in [1.165, 1.54) is 0 Å². The fourth-order valence-electron chi connectivity index (χ4n) is 5.38. The van der Waals surface area contributed by atoms with E-state index in [1.807, 2.05) is 60.7 Å². The first kappa shape index (κ1) is 36.5. The van der Waals surface area contributed by atoms with E-state index >= 15 is 0 Å². The minimum atomic E-state index is -0.507. The number of pyridine rings is 1. The summed E-state index contributed by atoms with van der Waals surface area (Å²) in [4.78, 5) is 58.3. The number of aryl methyl sites for hydroxylation is 2. The average molecular weight is 670 g/mol. The molecule has 0 bridgehead atoms. The number of nitrogen functional groups attached to an aromatic ring is 1. The second-order valence-corrected chi connectivity index (χ2v) is 11.8. The van der Waals surface area contributed by atoms with Crippen LogP contribution in [-0.2, 0) is 32.1 Å². The summed E-state index contributed by atoms with van der Waals surface area (Å²) in [6.45, 7) is 3.48. The largest absolute Gasteiger partial charge is 0.382 e. The van der Waals surface area contributed by atoms with Crippen LogP contribution in [0.15, 0.2) is 71.9 Å². The molecule has 0 unspecified atom stereocenters. The highest BCUT2D eigenvalue weighted by molar-refractivity contribution is 6.06. The molecule has 13 nitrogen and oxygen atoms in total. The molecule has 13 heteroatoms. The number of imidazole rings is 1. The number of nitrogens with zero attached hydrogens (tertiary/aromatic N) is 3. The van der Waals surface area contributed by atoms with Crippen LogP contribution in [0.4, 0.5) is 5.82 Å². The summed E-state index contributed by atoms with van der Waals surface area (Å²) in [7, 11) is 0. The first-order valence-corrected chi connectivity index (χ1v) is 16.8. The molecule has 0 atom stereocenters. The number of hydrogen-bond acceptors (Lipinski definition) is 8. The van der Waals surface area contributed by atoms with E-state index in [0.29, 0.717) is 18.9 Å². The molecule has 0 spiro atoms. The third-order valence-electron chi connectivity index (χ3n) is 7.98. The van der Waals surface area contributed by atoms with Crippen molar-refractivity contribution in [3.05, 3.63) is 77.7 Å². The van der Waals surface area contributed by atoms with Gasteiger partial charge < -0.3 is 37.3 Å². The van der Waals surface area contributed by atoms with Gasteiger partial charge in [-0.15, -0.1) is 0 Å². The Morgan fingerprint density at radius 1 is 0.816 bits per heavy atom. The van der Waals surface area contributed by atoms with Crippen molar-refractivity contribution in [1.82, 2.24) is 35.8 Å². The molecule has 0 saturated carbocycles. The molecular formula is C36H47N9O4. The van der Waals surface area contributed by atoms with Crippen LogP contribution in [0, 0.1) is 0 Å². The lowest BCUT2D eigenvalue weighted by Crippen LogP contribution is -2.42. The fraction of sp³-hybridized carbons (Fsp3) is 0.389. The lowest BCUT2D eigenvalue weighted by Gasteiger charge is -2.11. The molecule has 260 valence electrons. The Bertz CT molecular complexity index is 1770. The third-order valence-corrected chi connectivity index (χ3v) is 7.98. The van der Waals surface area contributed by atoms with Crippen molar-refractivity contribution < 1.29 is 19.2 Å². The molecule has 0 aliphatic heterocycles. The number of unbranched alkanes of at least 4 members (excludes halogenated alkanes) is 2. The van der Waals surface area contributed by atoms with Gasteiger partial charge in [0.25, 0.3) is 0 Å². The number of rotatable bonds is 18. The molecule has 0 fully saturated rings. The highest BCUT2D eigenvalue weighted by Crippen LogP contribution is 2.29. The molecule has 4 amide bonds. The van der Waals surface area contributed by atoms with Gasteiger partial charge >= 0.3 is 0 Å². The molecule has 4 rings (SSSR count). The molecule has 1 aromatic carbocycles. The second-order valence-electron chi connectivity index (χ2n) is 11.8. The van der Waals surface area contributed by atoms with Crippen molar-refractivity contribution in [3.63, 3.8) is 0 Å². The second kappa shape index (κ2) is 18.9. The monoisotopic (exact) mass is 669 g/mol. The van der Waals surface area contributed by atoms with Crippen LogP contribution in [0.3, 0.4) is 0 Å². The van der Waals surface area contributed by atoms with Crippen molar-refractivity contribution in [1.29, 1.82) is 0 Å². The molecular weight excluding hydrogens is 622 g/mol. The zero-order valence-corrected chi connectivity index (χ0v) is 28.1. The van der Waals surface area contributed by atoms with Gasteiger partial charge in [0, 0.05) is 50.8 Å². The number of carbonyl (C=O) groups excluding carboxylic acids is 4. The first-order valence-electron chi connectivity index (χ1n) is 16.8. The normalized spacial score (nSPS) is 16.0. The van der Waals surface area contributed by atoms with Crippen LogP contribution in [0.2, 0.25) is 0 Å². The van der Waals surface area contributed by atoms with Gasteiger partial charge in [-0.2, -0.15) is 0 Å². The highest BCUT2D eigenvalue weighted by Gasteiger charge is 2.17. The number of nitrogens with two attached hydrogens (primary N) is 2. The van der Waals surface area contributed by atoms with Gasteiger partial charge in [-0.3, -0.25) is 19.2 Å². The Morgan fingerprint density at radius 3 is 2.33 bits per heavy atom. The molecule has 2 aromatic heterocycles. The smallest absolute Gasteiger partial charge is 0.239 e. The number of benzene rings is 1. The van der Waals surface area contributed by atoms with Crippen molar-refractivity contribution in [2.24, 2.45) is 5.73 Å². The number of anilines is 1. The van der Waals surface area contributed by atoms with Crippen molar-refractivity contribution in [2.45, 2.75) is 58.4 Å². The van der Waals surface area contributed by atoms with Crippen molar-refractivity contribution in [2.75, 3.05) is 38.5 Å². The number of amides is 4. The maximum atomic E-state index is 12.4. The number of allylic oxidation sites excluding steroid dienone is 4. The molecule has 0 saturated heterocycles. The summed E-state index contributed by atoms with van der Waals surface area (Å²) in [6, 6.07) is 7.92. The Balaban J connectivity index is 1.12. The van der Waals surface area contributed by atoms with Crippen LogP contribution in [0.5, 0.6) is 0 Å². The van der Waals surface area contributed by atoms with Gasteiger partial charge in [0.1, 0.15) is 11.3 Å². The van der Waals surface area contributed by atoms with E-state index < -0.39 is 11.8 Å². The number of hydrogen-bond donors (Lipinski definition) is 6. The Hall–Kier alpha value is -5.30. The molecule has 8 N–H and O–H groups in total. The summed E-state index contributed by atoms with van der Waals surface area (Å²) >= 11 is 0. The SMILES string of the molecule is CCCCc1nc2c(N)nc3ccccc3c2n1CCCCNC(=O)CCC(=O)NCC(=O)NCC(=O)NCC1=C/C=C\C=C/C(CN)=C\1. The van der Waals surface area contributed by atoms with E-state index in [0.717, 1.165) is 77.6 Å². The van der Waals surface area contributed by atoms with Crippen LogP contribution in [-0.4, -0.2) is 70.9 Å².